The van der Waals surface area contributed by atoms with E-state index in [1.807, 2.05) is 37.3 Å². The Labute approximate surface area is 197 Å². The van der Waals surface area contributed by atoms with Crippen LogP contribution in [0.3, 0.4) is 0 Å². The van der Waals surface area contributed by atoms with E-state index in [9.17, 15) is 13.2 Å². The predicted molar refractivity (Wildman–Crippen MR) is 133 cm³/mol. The number of benzene rings is 3. The number of hydrogen-bond acceptors (Lipinski definition) is 3. The number of nitrogens with one attached hydrogen (secondary N) is 1. The molecule has 0 aliphatic carbocycles. The molecule has 3 aromatic carbocycles. The molecular formula is C24H25IN2O3S. The Morgan fingerprint density at radius 2 is 1.52 bits per heavy atom. The Balaban J connectivity index is 1.73. The summed E-state index contributed by atoms with van der Waals surface area (Å²) in [6.07, 6.45) is 1.61. The second-order valence-corrected chi connectivity index (χ2v) is 10.4. The second kappa shape index (κ2) is 10.8. The van der Waals surface area contributed by atoms with Crippen molar-refractivity contribution in [2.24, 2.45) is 0 Å². The van der Waals surface area contributed by atoms with Gasteiger partial charge in [0.25, 0.3) is 10.0 Å². The van der Waals surface area contributed by atoms with Crippen molar-refractivity contribution >= 4 is 44.2 Å². The lowest BCUT2D eigenvalue weighted by Gasteiger charge is -2.25. The average Bonchev–Trinajstić information content (AvgIpc) is 2.78. The van der Waals surface area contributed by atoms with Gasteiger partial charge in [0, 0.05) is 9.61 Å². The highest BCUT2D eigenvalue weighted by Gasteiger charge is 2.27. The molecule has 1 amide bonds. The third-order valence-electron chi connectivity index (χ3n) is 4.85. The van der Waals surface area contributed by atoms with Gasteiger partial charge in [-0.15, -0.1) is 0 Å². The maximum atomic E-state index is 13.3. The van der Waals surface area contributed by atoms with E-state index in [-0.39, 0.29) is 23.4 Å². The Bertz CT molecular complexity index is 1090. The van der Waals surface area contributed by atoms with Crippen LogP contribution in [0.15, 0.2) is 89.8 Å². The fourth-order valence-corrected chi connectivity index (χ4v) is 4.99. The summed E-state index contributed by atoms with van der Waals surface area (Å²) in [7, 11) is -3.88. The van der Waals surface area contributed by atoms with Crippen LogP contribution in [0.2, 0.25) is 0 Å². The van der Waals surface area contributed by atoms with E-state index in [2.05, 4.69) is 40.0 Å². The van der Waals surface area contributed by atoms with Crippen molar-refractivity contribution in [1.82, 2.24) is 5.32 Å². The number of carbonyl (C=O) groups is 1. The van der Waals surface area contributed by atoms with Crippen molar-refractivity contribution in [3.05, 3.63) is 94.1 Å². The normalized spacial score (nSPS) is 12.2. The van der Waals surface area contributed by atoms with Crippen molar-refractivity contribution in [1.29, 1.82) is 0 Å². The molecule has 0 aliphatic heterocycles. The first kappa shape index (κ1) is 23.3. The smallest absolute Gasteiger partial charge is 0.264 e. The van der Waals surface area contributed by atoms with E-state index in [0.717, 1.165) is 20.7 Å². The van der Waals surface area contributed by atoms with Gasteiger partial charge in [-0.3, -0.25) is 9.10 Å². The molecule has 0 bridgehead atoms. The van der Waals surface area contributed by atoms with Gasteiger partial charge in [0.2, 0.25) is 5.91 Å². The monoisotopic (exact) mass is 548 g/mol. The van der Waals surface area contributed by atoms with E-state index in [1.54, 1.807) is 30.3 Å². The first-order valence-electron chi connectivity index (χ1n) is 10.0. The molecule has 3 rings (SSSR count). The lowest BCUT2D eigenvalue weighted by Crippen LogP contribution is -2.43. The molecule has 0 saturated heterocycles. The van der Waals surface area contributed by atoms with Crippen LogP contribution in [0.5, 0.6) is 0 Å². The van der Waals surface area contributed by atoms with Crippen LogP contribution in [-0.4, -0.2) is 26.9 Å². The molecule has 5 nitrogen and oxygen atoms in total. The third-order valence-corrected chi connectivity index (χ3v) is 7.36. The zero-order chi connectivity index (χ0) is 22.3. The number of nitrogens with zero attached hydrogens (tertiary/aromatic N) is 1. The molecular weight excluding hydrogens is 523 g/mol. The van der Waals surface area contributed by atoms with Crippen LogP contribution in [-0.2, 0) is 21.2 Å². The summed E-state index contributed by atoms with van der Waals surface area (Å²) in [6, 6.07) is 25.2. The fourth-order valence-electron chi connectivity index (χ4n) is 3.19. The maximum absolute atomic E-state index is 13.3. The van der Waals surface area contributed by atoms with Crippen molar-refractivity contribution in [3.8, 4) is 0 Å². The van der Waals surface area contributed by atoms with E-state index in [1.165, 1.54) is 17.7 Å². The average molecular weight is 548 g/mol. The highest BCUT2D eigenvalue weighted by molar-refractivity contribution is 14.1. The Kier molecular flexibility index (Phi) is 8.09. The summed E-state index contributed by atoms with van der Waals surface area (Å²) in [4.78, 5) is 12.9. The number of aryl methyl sites for hydroxylation is 1. The third kappa shape index (κ3) is 6.54. The molecule has 7 heteroatoms. The predicted octanol–water partition coefficient (Wildman–Crippen LogP) is 4.62. The first-order chi connectivity index (χ1) is 14.9. The molecule has 3 aromatic rings. The Morgan fingerprint density at radius 1 is 0.935 bits per heavy atom. The summed E-state index contributed by atoms with van der Waals surface area (Å²) >= 11 is 2.16. The summed E-state index contributed by atoms with van der Waals surface area (Å²) in [5.41, 5.74) is 1.66. The van der Waals surface area contributed by atoms with Gasteiger partial charge in [0.05, 0.1) is 10.6 Å². The van der Waals surface area contributed by atoms with Crippen LogP contribution in [0.25, 0.3) is 0 Å². The van der Waals surface area contributed by atoms with Crippen molar-refractivity contribution in [2.75, 3.05) is 10.8 Å². The molecule has 0 saturated carbocycles. The molecule has 0 aliphatic rings. The molecule has 0 heterocycles. The maximum Gasteiger partial charge on any atom is 0.264 e. The molecule has 0 radical (unpaired) electrons. The van der Waals surface area contributed by atoms with Crippen molar-refractivity contribution < 1.29 is 13.2 Å². The topological polar surface area (TPSA) is 66.5 Å². The fraction of sp³-hybridized carbons (Fsp3) is 0.208. The zero-order valence-electron chi connectivity index (χ0n) is 17.2. The van der Waals surface area contributed by atoms with E-state index in [4.69, 9.17) is 0 Å². The zero-order valence-corrected chi connectivity index (χ0v) is 20.2. The number of halogens is 1. The number of anilines is 1. The highest BCUT2D eigenvalue weighted by atomic mass is 127. The van der Waals surface area contributed by atoms with Crippen LogP contribution >= 0.6 is 22.6 Å². The first-order valence-corrected chi connectivity index (χ1v) is 12.5. The van der Waals surface area contributed by atoms with Crippen molar-refractivity contribution in [3.63, 3.8) is 0 Å². The summed E-state index contributed by atoms with van der Waals surface area (Å²) in [5, 5.41) is 2.94. The number of hydrogen-bond donors (Lipinski definition) is 1. The largest absolute Gasteiger partial charge is 0.352 e. The van der Waals surface area contributed by atoms with Gasteiger partial charge in [0.1, 0.15) is 6.54 Å². The second-order valence-electron chi connectivity index (χ2n) is 7.29. The molecule has 0 aromatic heterocycles. The molecule has 0 spiro atoms. The van der Waals surface area contributed by atoms with E-state index < -0.39 is 10.0 Å². The van der Waals surface area contributed by atoms with Gasteiger partial charge >= 0.3 is 0 Å². The van der Waals surface area contributed by atoms with Crippen molar-refractivity contribution in [2.45, 2.75) is 30.7 Å². The SMILES string of the molecule is C[C@H](CCc1ccccc1)NC(=O)CN(c1ccc(I)cc1)S(=O)(=O)c1ccccc1. The minimum Gasteiger partial charge on any atom is -0.352 e. The number of rotatable bonds is 9. The molecule has 31 heavy (non-hydrogen) atoms. The van der Waals surface area contributed by atoms with Crippen LogP contribution in [0, 0.1) is 3.57 Å². The van der Waals surface area contributed by atoms with Gasteiger partial charge in [0.15, 0.2) is 0 Å². The lowest BCUT2D eigenvalue weighted by atomic mass is 10.1. The van der Waals surface area contributed by atoms with Gasteiger partial charge in [-0.2, -0.15) is 0 Å². The highest BCUT2D eigenvalue weighted by Crippen LogP contribution is 2.24. The number of carbonyl (C=O) groups excluding carboxylic acids is 1. The van der Waals surface area contributed by atoms with Crippen LogP contribution in [0.4, 0.5) is 5.69 Å². The van der Waals surface area contributed by atoms with E-state index >= 15 is 0 Å². The summed E-state index contributed by atoms with van der Waals surface area (Å²) in [6.45, 7) is 1.65. The summed E-state index contributed by atoms with van der Waals surface area (Å²) < 4.78 is 28.7. The Hall–Kier alpha value is -2.39. The molecule has 1 N–H and O–H groups in total. The van der Waals surface area contributed by atoms with Gasteiger partial charge < -0.3 is 5.32 Å². The minimum atomic E-state index is -3.88. The molecule has 0 fully saturated rings. The molecule has 162 valence electrons. The van der Waals surface area contributed by atoms with Gasteiger partial charge in [-0.1, -0.05) is 48.5 Å². The van der Waals surface area contributed by atoms with Crippen LogP contribution < -0.4 is 9.62 Å². The lowest BCUT2D eigenvalue weighted by molar-refractivity contribution is -0.120. The van der Waals surface area contributed by atoms with Gasteiger partial charge in [-0.25, -0.2) is 8.42 Å². The number of amides is 1. The molecule has 1 atom stereocenters. The van der Waals surface area contributed by atoms with E-state index in [0.29, 0.717) is 5.69 Å². The summed E-state index contributed by atoms with van der Waals surface area (Å²) in [5.74, 6) is -0.335. The number of sulfonamides is 1. The Morgan fingerprint density at radius 3 is 2.13 bits per heavy atom. The van der Waals surface area contributed by atoms with Crippen LogP contribution in [0.1, 0.15) is 18.9 Å². The van der Waals surface area contributed by atoms with Gasteiger partial charge in [-0.05, 0) is 84.3 Å². The minimum absolute atomic E-state index is 0.0780. The standard InChI is InChI=1S/C24H25IN2O3S/c1-19(12-13-20-8-4-2-5-9-20)26-24(28)18-27(22-16-14-21(25)15-17-22)31(29,30)23-10-6-3-7-11-23/h2-11,14-17,19H,12-13,18H2,1H3,(H,26,28)/t19-/m1/s1. The molecule has 0 unspecified atom stereocenters. The quantitative estimate of drug-likeness (QED) is 0.397.